The summed E-state index contributed by atoms with van der Waals surface area (Å²) in [4.78, 5) is 0. The molecule has 4 heteroatoms. The number of rotatable bonds is 6. The van der Waals surface area contributed by atoms with Crippen LogP contribution in [0.1, 0.15) is 24.0 Å². The molecule has 1 N–H and O–H groups in total. The van der Waals surface area contributed by atoms with Crippen molar-refractivity contribution < 1.29 is 4.74 Å². The Bertz CT molecular complexity index is 852. The molecule has 3 aromatic rings. The Morgan fingerprint density at radius 3 is 2.92 bits per heavy atom. The van der Waals surface area contributed by atoms with Crippen LogP contribution < -0.4 is 5.32 Å². The lowest BCUT2D eigenvalue weighted by atomic mass is 10.1. The van der Waals surface area contributed by atoms with E-state index >= 15 is 0 Å². The molecule has 25 heavy (non-hydrogen) atoms. The molecule has 2 heterocycles. The zero-order chi connectivity index (χ0) is 17.1. The average molecular weight is 355 g/mol. The largest absolute Gasteiger partial charge is 0.377 e. The highest BCUT2D eigenvalue weighted by molar-refractivity contribution is 6.30. The lowest BCUT2D eigenvalue weighted by molar-refractivity contribution is 0.110. The molecule has 0 bridgehead atoms. The van der Waals surface area contributed by atoms with Crippen LogP contribution in [-0.2, 0) is 17.8 Å². The third kappa shape index (κ3) is 3.90. The molecule has 0 amide bonds. The number of fused-ring (bicyclic) bond motifs is 1. The molecule has 0 radical (unpaired) electrons. The molecular formula is C21H23ClN2O. The monoisotopic (exact) mass is 354 g/mol. The van der Waals surface area contributed by atoms with E-state index in [-0.39, 0.29) is 0 Å². The SMILES string of the molecule is Clc1cccc(Cn2cc(CNC[C@H]3CCCO3)c3ccccc32)c1. The van der Waals surface area contributed by atoms with E-state index in [0.717, 1.165) is 31.3 Å². The number of aromatic nitrogens is 1. The number of ether oxygens (including phenoxy) is 1. The first-order chi connectivity index (χ1) is 12.3. The minimum Gasteiger partial charge on any atom is -0.377 e. The number of benzene rings is 2. The van der Waals surface area contributed by atoms with Gasteiger partial charge in [-0.05, 0) is 42.2 Å². The van der Waals surface area contributed by atoms with Gasteiger partial charge in [0.05, 0.1) is 6.10 Å². The molecule has 1 saturated heterocycles. The fourth-order valence-corrected chi connectivity index (χ4v) is 3.81. The zero-order valence-electron chi connectivity index (χ0n) is 14.2. The van der Waals surface area contributed by atoms with Gasteiger partial charge in [-0.1, -0.05) is 41.9 Å². The lowest BCUT2D eigenvalue weighted by Crippen LogP contribution is -2.25. The van der Waals surface area contributed by atoms with E-state index in [1.807, 2.05) is 18.2 Å². The molecule has 1 aliphatic heterocycles. The highest BCUT2D eigenvalue weighted by atomic mass is 35.5. The van der Waals surface area contributed by atoms with Crippen LogP contribution in [-0.4, -0.2) is 23.8 Å². The van der Waals surface area contributed by atoms with Crippen LogP contribution in [0.2, 0.25) is 5.02 Å². The van der Waals surface area contributed by atoms with Gasteiger partial charge in [0.1, 0.15) is 0 Å². The van der Waals surface area contributed by atoms with Gasteiger partial charge in [0.25, 0.3) is 0 Å². The van der Waals surface area contributed by atoms with Crippen LogP contribution in [0.4, 0.5) is 0 Å². The second kappa shape index (κ2) is 7.61. The van der Waals surface area contributed by atoms with Crippen LogP contribution >= 0.6 is 11.6 Å². The standard InChI is InChI=1S/C21H23ClN2O/c22-18-6-3-5-16(11-18)14-24-15-17(20-8-1-2-9-21(20)24)12-23-13-19-7-4-10-25-19/h1-3,5-6,8-9,11,15,19,23H,4,7,10,12-14H2/t19-/m1/s1. The highest BCUT2D eigenvalue weighted by Crippen LogP contribution is 2.23. The summed E-state index contributed by atoms with van der Waals surface area (Å²) in [7, 11) is 0. The fraction of sp³-hybridized carbons (Fsp3) is 0.333. The summed E-state index contributed by atoms with van der Waals surface area (Å²) >= 11 is 6.13. The first-order valence-electron chi connectivity index (χ1n) is 8.93. The van der Waals surface area contributed by atoms with Gasteiger partial charge in [-0.15, -0.1) is 0 Å². The molecule has 0 saturated carbocycles. The van der Waals surface area contributed by atoms with E-state index in [2.05, 4.69) is 46.4 Å². The van der Waals surface area contributed by atoms with Gasteiger partial charge in [-0.25, -0.2) is 0 Å². The predicted molar refractivity (Wildman–Crippen MR) is 103 cm³/mol. The Morgan fingerprint density at radius 2 is 2.08 bits per heavy atom. The molecule has 1 atom stereocenters. The molecule has 1 aliphatic rings. The van der Waals surface area contributed by atoms with Gasteiger partial charge in [-0.2, -0.15) is 0 Å². The number of hydrogen-bond acceptors (Lipinski definition) is 2. The van der Waals surface area contributed by atoms with Gasteiger partial charge in [-0.3, -0.25) is 0 Å². The topological polar surface area (TPSA) is 26.2 Å². The molecular weight excluding hydrogens is 332 g/mol. The number of para-hydroxylation sites is 1. The second-order valence-corrected chi connectivity index (χ2v) is 7.13. The van der Waals surface area contributed by atoms with Gasteiger partial charge in [0, 0.05) is 48.4 Å². The van der Waals surface area contributed by atoms with Crippen LogP contribution in [0, 0.1) is 0 Å². The second-order valence-electron chi connectivity index (χ2n) is 6.70. The van der Waals surface area contributed by atoms with Crippen LogP contribution in [0.3, 0.4) is 0 Å². The van der Waals surface area contributed by atoms with Gasteiger partial charge >= 0.3 is 0 Å². The summed E-state index contributed by atoms with van der Waals surface area (Å²) in [5.41, 5.74) is 3.80. The third-order valence-corrected chi connectivity index (χ3v) is 5.06. The highest BCUT2D eigenvalue weighted by Gasteiger charge is 2.15. The van der Waals surface area contributed by atoms with Crippen molar-refractivity contribution in [1.82, 2.24) is 9.88 Å². The van der Waals surface area contributed by atoms with Crippen LogP contribution in [0.15, 0.2) is 54.7 Å². The van der Waals surface area contributed by atoms with E-state index in [9.17, 15) is 0 Å². The molecule has 1 aromatic heterocycles. The number of nitrogens with zero attached hydrogens (tertiary/aromatic N) is 1. The van der Waals surface area contributed by atoms with Gasteiger partial charge in [0.2, 0.25) is 0 Å². The van der Waals surface area contributed by atoms with Crippen molar-refractivity contribution in [2.75, 3.05) is 13.2 Å². The van der Waals surface area contributed by atoms with Gasteiger partial charge in [0.15, 0.2) is 0 Å². The summed E-state index contributed by atoms with van der Waals surface area (Å²) in [6.45, 7) is 3.52. The quantitative estimate of drug-likeness (QED) is 0.699. The van der Waals surface area contributed by atoms with E-state index in [1.165, 1.54) is 34.9 Å². The Labute approximate surface area is 153 Å². The molecule has 0 unspecified atom stereocenters. The Balaban J connectivity index is 1.53. The summed E-state index contributed by atoms with van der Waals surface area (Å²) in [6.07, 6.45) is 4.99. The van der Waals surface area contributed by atoms with E-state index < -0.39 is 0 Å². The number of nitrogens with one attached hydrogen (secondary N) is 1. The first-order valence-corrected chi connectivity index (χ1v) is 9.31. The van der Waals surface area contributed by atoms with Crippen molar-refractivity contribution in [3.05, 3.63) is 70.9 Å². The molecule has 3 nitrogen and oxygen atoms in total. The fourth-order valence-electron chi connectivity index (χ4n) is 3.60. The molecule has 4 rings (SSSR count). The minimum atomic E-state index is 0.375. The Kier molecular flexibility index (Phi) is 5.07. The predicted octanol–water partition coefficient (Wildman–Crippen LogP) is 4.61. The maximum atomic E-state index is 6.13. The first kappa shape index (κ1) is 16.6. The van der Waals surface area contributed by atoms with Crippen molar-refractivity contribution in [2.45, 2.75) is 32.0 Å². The molecule has 0 spiro atoms. The summed E-state index contributed by atoms with van der Waals surface area (Å²) in [5.74, 6) is 0. The lowest BCUT2D eigenvalue weighted by Gasteiger charge is -2.10. The smallest absolute Gasteiger partial charge is 0.0700 e. The van der Waals surface area contributed by atoms with Crippen LogP contribution in [0.25, 0.3) is 10.9 Å². The minimum absolute atomic E-state index is 0.375. The zero-order valence-corrected chi connectivity index (χ0v) is 15.0. The maximum absolute atomic E-state index is 6.13. The van der Waals surface area contributed by atoms with E-state index in [1.54, 1.807) is 0 Å². The van der Waals surface area contributed by atoms with Crippen molar-refractivity contribution in [1.29, 1.82) is 0 Å². The molecule has 1 fully saturated rings. The van der Waals surface area contributed by atoms with Gasteiger partial charge < -0.3 is 14.6 Å². The van der Waals surface area contributed by atoms with Crippen molar-refractivity contribution in [3.8, 4) is 0 Å². The number of halogens is 1. The summed E-state index contributed by atoms with van der Waals surface area (Å²) < 4.78 is 8.00. The van der Waals surface area contributed by atoms with E-state index in [4.69, 9.17) is 16.3 Å². The van der Waals surface area contributed by atoms with E-state index in [0.29, 0.717) is 6.10 Å². The molecule has 0 aliphatic carbocycles. The molecule has 2 aromatic carbocycles. The third-order valence-electron chi connectivity index (χ3n) is 4.82. The molecule has 130 valence electrons. The Morgan fingerprint density at radius 1 is 1.16 bits per heavy atom. The van der Waals surface area contributed by atoms with Crippen molar-refractivity contribution in [2.24, 2.45) is 0 Å². The van der Waals surface area contributed by atoms with Crippen LogP contribution in [0.5, 0.6) is 0 Å². The van der Waals surface area contributed by atoms with Crippen molar-refractivity contribution >= 4 is 22.5 Å². The summed E-state index contributed by atoms with van der Waals surface area (Å²) in [6, 6.07) is 16.7. The maximum Gasteiger partial charge on any atom is 0.0700 e. The summed E-state index contributed by atoms with van der Waals surface area (Å²) in [5, 5.41) is 5.66. The normalized spacial score (nSPS) is 17.4. The van der Waals surface area contributed by atoms with Crippen molar-refractivity contribution in [3.63, 3.8) is 0 Å². The Hall–Kier alpha value is -1.81. The number of hydrogen-bond donors (Lipinski definition) is 1. The average Bonchev–Trinajstić information content (AvgIpc) is 3.24.